The Balaban J connectivity index is 2.39. The van der Waals surface area contributed by atoms with Gasteiger partial charge in [0.2, 0.25) is 0 Å². The van der Waals surface area contributed by atoms with E-state index in [1.807, 2.05) is 0 Å². The van der Waals surface area contributed by atoms with Crippen LogP contribution in [0, 0.1) is 5.82 Å². The van der Waals surface area contributed by atoms with Crippen LogP contribution in [-0.4, -0.2) is 6.21 Å². The minimum atomic E-state index is -4.78. The Bertz CT molecular complexity index is 633. The lowest BCUT2D eigenvalue weighted by Crippen LogP contribution is -2.08. The molecule has 20 heavy (non-hydrogen) atoms. The van der Waals surface area contributed by atoms with Crippen molar-refractivity contribution in [2.75, 3.05) is 0 Å². The Morgan fingerprint density at radius 1 is 1.00 bits per heavy atom. The molecular formula is C14H8BrF4N. The number of aliphatic imine (C=N–C) groups is 1. The topological polar surface area (TPSA) is 12.4 Å². The third kappa shape index (κ3) is 3.45. The fourth-order valence-corrected chi connectivity index (χ4v) is 1.86. The molecule has 1 nitrogen and oxygen atoms in total. The summed E-state index contributed by atoms with van der Waals surface area (Å²) in [6.45, 7) is 0. The molecule has 104 valence electrons. The van der Waals surface area contributed by atoms with Gasteiger partial charge in [0.25, 0.3) is 0 Å². The number of nitrogens with zero attached hydrogens (tertiary/aromatic N) is 1. The van der Waals surface area contributed by atoms with Crippen LogP contribution in [0.3, 0.4) is 0 Å². The van der Waals surface area contributed by atoms with Crippen molar-refractivity contribution in [3.63, 3.8) is 0 Å². The van der Waals surface area contributed by atoms with E-state index in [4.69, 9.17) is 0 Å². The number of alkyl halides is 3. The Kier molecular flexibility index (Phi) is 4.23. The van der Waals surface area contributed by atoms with Crippen molar-refractivity contribution >= 4 is 27.8 Å². The standard InChI is InChI=1S/C14H8BrF4N/c15-10-6-4-9(5-7-10)8-20-12-3-1-2-11(16)13(12)14(17,18)19/h1-8H. The van der Waals surface area contributed by atoms with Crippen LogP contribution in [0.1, 0.15) is 11.1 Å². The van der Waals surface area contributed by atoms with Gasteiger partial charge in [0.1, 0.15) is 11.4 Å². The average molecular weight is 346 g/mol. The van der Waals surface area contributed by atoms with E-state index in [-0.39, 0.29) is 0 Å². The molecule has 0 aliphatic heterocycles. The maximum atomic E-state index is 13.3. The molecule has 0 aliphatic rings. The summed E-state index contributed by atoms with van der Waals surface area (Å²) in [6, 6.07) is 9.91. The molecule has 6 heteroatoms. The predicted molar refractivity (Wildman–Crippen MR) is 72.8 cm³/mol. The Morgan fingerprint density at radius 2 is 1.65 bits per heavy atom. The van der Waals surface area contributed by atoms with Gasteiger partial charge >= 0.3 is 6.18 Å². The third-order valence-electron chi connectivity index (χ3n) is 2.50. The Labute approximate surface area is 121 Å². The van der Waals surface area contributed by atoms with Crippen LogP contribution < -0.4 is 0 Å². The highest BCUT2D eigenvalue weighted by Crippen LogP contribution is 2.38. The first-order valence-corrected chi connectivity index (χ1v) is 6.32. The van der Waals surface area contributed by atoms with Gasteiger partial charge in [0, 0.05) is 10.7 Å². The molecule has 0 unspecified atom stereocenters. The summed E-state index contributed by atoms with van der Waals surface area (Å²) in [5, 5.41) is 0. The molecule has 2 aromatic rings. The van der Waals surface area contributed by atoms with E-state index in [1.54, 1.807) is 24.3 Å². The van der Waals surface area contributed by atoms with Crippen LogP contribution in [0.2, 0.25) is 0 Å². The summed E-state index contributed by atoms with van der Waals surface area (Å²) in [5.74, 6) is -1.33. The normalized spacial score (nSPS) is 12.1. The first-order chi connectivity index (χ1) is 9.38. The fraction of sp³-hybridized carbons (Fsp3) is 0.0714. The van der Waals surface area contributed by atoms with Crippen LogP contribution >= 0.6 is 15.9 Å². The summed E-state index contributed by atoms with van der Waals surface area (Å²) in [7, 11) is 0. The molecule has 0 spiro atoms. The van der Waals surface area contributed by atoms with E-state index in [0.29, 0.717) is 5.56 Å². The summed E-state index contributed by atoms with van der Waals surface area (Å²) in [4.78, 5) is 3.73. The first-order valence-electron chi connectivity index (χ1n) is 5.53. The molecule has 0 bridgehead atoms. The lowest BCUT2D eigenvalue weighted by atomic mass is 10.1. The lowest BCUT2D eigenvalue weighted by Gasteiger charge is -2.10. The summed E-state index contributed by atoms with van der Waals surface area (Å²) >= 11 is 3.25. The highest BCUT2D eigenvalue weighted by molar-refractivity contribution is 9.10. The van der Waals surface area contributed by atoms with Gasteiger partial charge in [-0.05, 0) is 29.8 Å². The van der Waals surface area contributed by atoms with Crippen LogP contribution in [0.25, 0.3) is 0 Å². The molecule has 0 atom stereocenters. The lowest BCUT2D eigenvalue weighted by molar-refractivity contribution is -0.139. The van der Waals surface area contributed by atoms with Gasteiger partial charge in [0.05, 0.1) is 5.69 Å². The zero-order valence-corrected chi connectivity index (χ0v) is 11.5. The second-order valence-electron chi connectivity index (χ2n) is 3.94. The number of rotatable bonds is 2. The molecule has 0 fully saturated rings. The van der Waals surface area contributed by atoms with E-state index in [1.165, 1.54) is 12.3 Å². The van der Waals surface area contributed by atoms with Gasteiger partial charge in [-0.1, -0.05) is 34.1 Å². The SMILES string of the molecule is Fc1cccc(N=Cc2ccc(Br)cc2)c1C(F)(F)F. The molecule has 0 saturated heterocycles. The molecular weight excluding hydrogens is 338 g/mol. The van der Waals surface area contributed by atoms with Gasteiger partial charge < -0.3 is 0 Å². The minimum Gasteiger partial charge on any atom is -0.256 e. The van der Waals surface area contributed by atoms with Crippen molar-refractivity contribution in [3.8, 4) is 0 Å². The van der Waals surface area contributed by atoms with E-state index in [2.05, 4.69) is 20.9 Å². The minimum absolute atomic E-state index is 0.444. The van der Waals surface area contributed by atoms with Gasteiger partial charge in [-0.25, -0.2) is 4.39 Å². The zero-order valence-electron chi connectivity index (χ0n) is 9.96. The maximum Gasteiger partial charge on any atom is 0.421 e. The van der Waals surface area contributed by atoms with Gasteiger partial charge in [0.15, 0.2) is 0 Å². The molecule has 0 aromatic heterocycles. The quantitative estimate of drug-likeness (QED) is 0.513. The molecule has 0 radical (unpaired) electrons. The Morgan fingerprint density at radius 3 is 2.25 bits per heavy atom. The van der Waals surface area contributed by atoms with Crippen molar-refractivity contribution in [2.45, 2.75) is 6.18 Å². The van der Waals surface area contributed by atoms with E-state index in [0.717, 1.165) is 16.6 Å². The van der Waals surface area contributed by atoms with Gasteiger partial charge in [-0.15, -0.1) is 0 Å². The smallest absolute Gasteiger partial charge is 0.256 e. The number of halogens is 5. The summed E-state index contributed by atoms with van der Waals surface area (Å²) in [6.07, 6.45) is -3.52. The molecule has 0 aliphatic carbocycles. The van der Waals surface area contributed by atoms with Crippen molar-refractivity contribution in [2.24, 2.45) is 4.99 Å². The maximum absolute atomic E-state index is 13.3. The number of benzene rings is 2. The van der Waals surface area contributed by atoms with E-state index in [9.17, 15) is 17.6 Å². The second kappa shape index (κ2) is 5.75. The second-order valence-corrected chi connectivity index (χ2v) is 4.86. The molecule has 2 rings (SSSR count). The number of hydrogen-bond acceptors (Lipinski definition) is 1. The summed E-state index contributed by atoms with van der Waals surface area (Å²) in [5.41, 5.74) is -1.18. The van der Waals surface area contributed by atoms with E-state index >= 15 is 0 Å². The molecule has 0 N–H and O–H groups in total. The third-order valence-corrected chi connectivity index (χ3v) is 3.03. The van der Waals surface area contributed by atoms with Gasteiger partial charge in [-0.2, -0.15) is 13.2 Å². The van der Waals surface area contributed by atoms with Crippen LogP contribution in [0.4, 0.5) is 23.2 Å². The van der Waals surface area contributed by atoms with Crippen molar-refractivity contribution in [1.29, 1.82) is 0 Å². The van der Waals surface area contributed by atoms with Crippen LogP contribution in [0.5, 0.6) is 0 Å². The summed E-state index contributed by atoms with van der Waals surface area (Å²) < 4.78 is 52.5. The first kappa shape index (κ1) is 14.7. The van der Waals surface area contributed by atoms with Crippen LogP contribution in [0.15, 0.2) is 51.9 Å². The van der Waals surface area contributed by atoms with Gasteiger partial charge in [-0.3, -0.25) is 4.99 Å². The molecule has 0 saturated carbocycles. The average Bonchev–Trinajstić information content (AvgIpc) is 2.36. The van der Waals surface area contributed by atoms with E-state index < -0.39 is 23.2 Å². The zero-order chi connectivity index (χ0) is 14.8. The molecule has 2 aromatic carbocycles. The van der Waals surface area contributed by atoms with Crippen molar-refractivity contribution in [1.82, 2.24) is 0 Å². The highest BCUT2D eigenvalue weighted by atomic mass is 79.9. The Hall–Kier alpha value is -1.69. The predicted octanol–water partition coefficient (Wildman–Crippen LogP) is 5.36. The van der Waals surface area contributed by atoms with Crippen molar-refractivity contribution < 1.29 is 17.6 Å². The van der Waals surface area contributed by atoms with Crippen molar-refractivity contribution in [3.05, 3.63) is 63.9 Å². The van der Waals surface area contributed by atoms with Crippen LogP contribution in [-0.2, 0) is 6.18 Å². The monoisotopic (exact) mass is 345 g/mol. The highest BCUT2D eigenvalue weighted by Gasteiger charge is 2.36. The fourth-order valence-electron chi connectivity index (χ4n) is 1.59. The number of hydrogen-bond donors (Lipinski definition) is 0. The molecule has 0 heterocycles. The largest absolute Gasteiger partial charge is 0.421 e. The molecule has 0 amide bonds.